The molecular formula is C16H24N2O3. The maximum atomic E-state index is 12.1. The van der Waals surface area contributed by atoms with Crippen LogP contribution in [-0.4, -0.2) is 28.0 Å². The van der Waals surface area contributed by atoms with E-state index >= 15 is 0 Å². The second kappa shape index (κ2) is 6.70. The van der Waals surface area contributed by atoms with Gasteiger partial charge in [-0.3, -0.25) is 9.78 Å². The molecule has 2 N–H and O–H groups in total. The third-order valence-corrected chi connectivity index (χ3v) is 3.17. The number of nitrogens with one attached hydrogen (secondary N) is 1. The number of carboxylic acid groups (broad SMARTS) is 1. The SMILES string of the molecule is CC(C)C[C@@H](NC(=O)c1ccc(C(C)(C)C)cn1)C(=O)O. The number of carboxylic acids is 1. The van der Waals surface area contributed by atoms with Gasteiger partial charge in [0.25, 0.3) is 5.91 Å². The first-order valence-corrected chi connectivity index (χ1v) is 7.11. The molecule has 5 heteroatoms. The van der Waals surface area contributed by atoms with Crippen LogP contribution in [0.5, 0.6) is 0 Å². The molecule has 1 aromatic rings. The summed E-state index contributed by atoms with van der Waals surface area (Å²) in [6, 6.07) is 2.59. The summed E-state index contributed by atoms with van der Waals surface area (Å²) in [5.41, 5.74) is 1.22. The fraction of sp³-hybridized carbons (Fsp3) is 0.562. The van der Waals surface area contributed by atoms with Crippen molar-refractivity contribution in [2.24, 2.45) is 5.92 Å². The number of nitrogens with zero attached hydrogens (tertiary/aromatic N) is 1. The number of carbonyl (C=O) groups is 2. The van der Waals surface area contributed by atoms with Crippen molar-refractivity contribution in [1.29, 1.82) is 0 Å². The maximum absolute atomic E-state index is 12.1. The smallest absolute Gasteiger partial charge is 0.326 e. The van der Waals surface area contributed by atoms with E-state index in [4.69, 9.17) is 5.11 Å². The van der Waals surface area contributed by atoms with Crippen LogP contribution in [0.3, 0.4) is 0 Å². The van der Waals surface area contributed by atoms with Gasteiger partial charge in [-0.05, 0) is 29.4 Å². The van der Waals surface area contributed by atoms with Crippen LogP contribution in [0.1, 0.15) is 57.1 Å². The van der Waals surface area contributed by atoms with Gasteiger partial charge in [0.2, 0.25) is 0 Å². The third-order valence-electron chi connectivity index (χ3n) is 3.17. The summed E-state index contributed by atoms with van der Waals surface area (Å²) in [7, 11) is 0. The second-order valence-corrected chi connectivity index (χ2v) is 6.68. The number of hydrogen-bond donors (Lipinski definition) is 2. The molecule has 0 aliphatic carbocycles. The highest BCUT2D eigenvalue weighted by Crippen LogP contribution is 2.21. The first-order valence-electron chi connectivity index (χ1n) is 7.11. The Bertz CT molecular complexity index is 501. The van der Waals surface area contributed by atoms with Crippen molar-refractivity contribution < 1.29 is 14.7 Å². The molecule has 0 bridgehead atoms. The molecule has 1 atom stereocenters. The highest BCUT2D eigenvalue weighted by atomic mass is 16.4. The highest BCUT2D eigenvalue weighted by Gasteiger charge is 2.22. The second-order valence-electron chi connectivity index (χ2n) is 6.68. The number of aromatic nitrogens is 1. The molecule has 21 heavy (non-hydrogen) atoms. The lowest BCUT2D eigenvalue weighted by molar-refractivity contribution is -0.139. The number of amides is 1. The molecule has 1 aromatic heterocycles. The summed E-state index contributed by atoms with van der Waals surface area (Å²) in [5.74, 6) is -1.30. The molecule has 1 rings (SSSR count). The van der Waals surface area contributed by atoms with E-state index < -0.39 is 17.9 Å². The predicted molar refractivity (Wildman–Crippen MR) is 81.3 cm³/mol. The zero-order valence-corrected chi connectivity index (χ0v) is 13.3. The quantitative estimate of drug-likeness (QED) is 0.874. The molecule has 0 saturated carbocycles. The first-order chi connectivity index (χ1) is 9.61. The number of carbonyl (C=O) groups excluding carboxylic acids is 1. The Morgan fingerprint density at radius 2 is 1.90 bits per heavy atom. The fourth-order valence-corrected chi connectivity index (χ4v) is 1.90. The summed E-state index contributed by atoms with van der Waals surface area (Å²) in [4.78, 5) is 27.3. The van der Waals surface area contributed by atoms with E-state index in [0.717, 1.165) is 5.56 Å². The molecule has 0 aromatic carbocycles. The summed E-state index contributed by atoms with van der Waals surface area (Å²) < 4.78 is 0. The van der Waals surface area contributed by atoms with E-state index in [1.54, 1.807) is 12.3 Å². The van der Waals surface area contributed by atoms with Crippen LogP contribution in [0, 0.1) is 5.92 Å². The molecule has 1 heterocycles. The minimum Gasteiger partial charge on any atom is -0.480 e. The predicted octanol–water partition coefficient (Wildman–Crippen LogP) is 2.61. The lowest BCUT2D eigenvalue weighted by Gasteiger charge is -2.19. The zero-order chi connectivity index (χ0) is 16.2. The largest absolute Gasteiger partial charge is 0.480 e. The van der Waals surface area contributed by atoms with Crippen LogP contribution in [-0.2, 0) is 10.2 Å². The van der Waals surface area contributed by atoms with Crippen LogP contribution in [0.15, 0.2) is 18.3 Å². The monoisotopic (exact) mass is 292 g/mol. The van der Waals surface area contributed by atoms with Gasteiger partial charge in [0, 0.05) is 6.20 Å². The minimum absolute atomic E-state index is 0.0384. The van der Waals surface area contributed by atoms with Gasteiger partial charge in [-0.2, -0.15) is 0 Å². The van der Waals surface area contributed by atoms with Crippen molar-refractivity contribution >= 4 is 11.9 Å². The van der Waals surface area contributed by atoms with Gasteiger partial charge >= 0.3 is 5.97 Å². The van der Waals surface area contributed by atoms with Crippen LogP contribution >= 0.6 is 0 Å². The van der Waals surface area contributed by atoms with Crippen LogP contribution in [0.2, 0.25) is 0 Å². The van der Waals surface area contributed by atoms with Crippen molar-refractivity contribution in [2.45, 2.75) is 52.5 Å². The van der Waals surface area contributed by atoms with Crippen LogP contribution in [0.4, 0.5) is 0 Å². The molecule has 5 nitrogen and oxygen atoms in total. The summed E-state index contributed by atoms with van der Waals surface area (Å²) in [6.45, 7) is 10.0. The van der Waals surface area contributed by atoms with Crippen LogP contribution < -0.4 is 5.32 Å². The lowest BCUT2D eigenvalue weighted by Crippen LogP contribution is -2.41. The van der Waals surface area contributed by atoms with E-state index in [-0.39, 0.29) is 17.0 Å². The first kappa shape index (κ1) is 17.1. The van der Waals surface area contributed by atoms with Crippen molar-refractivity contribution in [3.8, 4) is 0 Å². The third kappa shape index (κ3) is 5.17. The normalized spacial score (nSPS) is 13.0. The topological polar surface area (TPSA) is 79.3 Å². The van der Waals surface area contributed by atoms with Gasteiger partial charge < -0.3 is 10.4 Å². The van der Waals surface area contributed by atoms with E-state index in [9.17, 15) is 9.59 Å². The molecule has 0 aliphatic rings. The summed E-state index contributed by atoms with van der Waals surface area (Å²) in [5, 5.41) is 11.7. The molecule has 0 saturated heterocycles. The van der Waals surface area contributed by atoms with Crippen LogP contribution in [0.25, 0.3) is 0 Å². The van der Waals surface area contributed by atoms with Gasteiger partial charge in [-0.25, -0.2) is 4.79 Å². The average Bonchev–Trinajstić information content (AvgIpc) is 2.36. The minimum atomic E-state index is -1.02. The van der Waals surface area contributed by atoms with Gasteiger partial charge in [0.05, 0.1) is 0 Å². The van der Waals surface area contributed by atoms with E-state index in [2.05, 4.69) is 31.1 Å². The molecule has 1 amide bonds. The number of rotatable bonds is 5. The maximum Gasteiger partial charge on any atom is 0.326 e. The standard InChI is InChI=1S/C16H24N2O3/c1-10(2)8-13(15(20)21)18-14(19)12-7-6-11(9-17-12)16(3,4)5/h6-7,9-10,13H,8H2,1-5H3,(H,18,19)(H,20,21)/t13-/m1/s1. The number of aliphatic carboxylic acids is 1. The van der Waals surface area contributed by atoms with Crippen molar-refractivity contribution in [3.63, 3.8) is 0 Å². The highest BCUT2D eigenvalue weighted by molar-refractivity contribution is 5.94. The summed E-state index contributed by atoms with van der Waals surface area (Å²) in [6.07, 6.45) is 2.05. The molecule has 0 fully saturated rings. The molecule has 0 unspecified atom stereocenters. The Labute approximate surface area is 125 Å². The molecular weight excluding hydrogens is 268 g/mol. The molecule has 0 aliphatic heterocycles. The Balaban J connectivity index is 2.81. The van der Waals surface area contributed by atoms with Gasteiger partial charge in [0.15, 0.2) is 0 Å². The number of hydrogen-bond acceptors (Lipinski definition) is 3. The molecule has 0 radical (unpaired) electrons. The van der Waals surface area contributed by atoms with Gasteiger partial charge in [-0.1, -0.05) is 40.7 Å². The average molecular weight is 292 g/mol. The van der Waals surface area contributed by atoms with E-state index in [0.29, 0.717) is 6.42 Å². The van der Waals surface area contributed by atoms with Crippen molar-refractivity contribution in [3.05, 3.63) is 29.6 Å². The lowest BCUT2D eigenvalue weighted by atomic mass is 9.88. The Kier molecular flexibility index (Phi) is 5.47. The van der Waals surface area contributed by atoms with Crippen molar-refractivity contribution in [2.75, 3.05) is 0 Å². The molecule has 0 spiro atoms. The fourth-order valence-electron chi connectivity index (χ4n) is 1.90. The number of pyridine rings is 1. The Hall–Kier alpha value is -1.91. The van der Waals surface area contributed by atoms with E-state index in [1.807, 2.05) is 19.9 Å². The van der Waals surface area contributed by atoms with E-state index in [1.165, 1.54) is 0 Å². The van der Waals surface area contributed by atoms with Gasteiger partial charge in [0.1, 0.15) is 11.7 Å². The zero-order valence-electron chi connectivity index (χ0n) is 13.3. The summed E-state index contributed by atoms with van der Waals surface area (Å²) >= 11 is 0. The van der Waals surface area contributed by atoms with Gasteiger partial charge in [-0.15, -0.1) is 0 Å². The Morgan fingerprint density at radius 3 is 2.29 bits per heavy atom. The molecule has 116 valence electrons. The van der Waals surface area contributed by atoms with Crippen molar-refractivity contribution in [1.82, 2.24) is 10.3 Å². The Morgan fingerprint density at radius 1 is 1.29 bits per heavy atom.